The molecule has 0 aromatic heterocycles. The monoisotopic (exact) mass is 315 g/mol. The fourth-order valence-electron chi connectivity index (χ4n) is 5.72. The fraction of sp³-hybridized carbons (Fsp3) is 0.867. The summed E-state index contributed by atoms with van der Waals surface area (Å²) in [5.41, 5.74) is -0.506. The average Bonchev–Trinajstić information content (AvgIpc) is 2.60. The van der Waals surface area contributed by atoms with Gasteiger partial charge in [-0.05, 0) is 37.0 Å². The van der Waals surface area contributed by atoms with Crippen molar-refractivity contribution in [1.82, 2.24) is 4.90 Å². The maximum atomic E-state index is 12.7. The van der Waals surface area contributed by atoms with Gasteiger partial charge >= 0.3 is 0 Å². The Morgan fingerprint density at radius 1 is 1.35 bits per heavy atom. The Bertz CT molecular complexity index is 510. The summed E-state index contributed by atoms with van der Waals surface area (Å²) in [6.45, 7) is 2.65. The lowest BCUT2D eigenvalue weighted by atomic mass is 9.51. The summed E-state index contributed by atoms with van der Waals surface area (Å²) >= 11 is 13.4. The summed E-state index contributed by atoms with van der Waals surface area (Å²) in [5.74, 6) is 1.45. The molecule has 4 rings (SSSR count). The molecule has 0 aromatic carbocycles. The van der Waals surface area contributed by atoms with E-state index in [0.29, 0.717) is 37.1 Å². The lowest BCUT2D eigenvalue weighted by Gasteiger charge is -2.62. The van der Waals surface area contributed by atoms with Crippen molar-refractivity contribution in [1.29, 1.82) is 0 Å². The Labute approximate surface area is 129 Å². The van der Waals surface area contributed by atoms with E-state index in [9.17, 15) is 9.59 Å². The highest BCUT2D eigenvalue weighted by molar-refractivity contribution is 6.43. The Hall–Kier alpha value is -0.280. The van der Waals surface area contributed by atoms with E-state index in [1.165, 1.54) is 0 Å². The van der Waals surface area contributed by atoms with Crippen LogP contribution in [-0.4, -0.2) is 38.9 Å². The highest BCUT2D eigenvalue weighted by Crippen LogP contribution is 2.65. The molecule has 0 aromatic rings. The van der Waals surface area contributed by atoms with E-state index in [2.05, 4.69) is 6.92 Å². The van der Waals surface area contributed by atoms with Crippen LogP contribution in [0.15, 0.2) is 0 Å². The van der Waals surface area contributed by atoms with Gasteiger partial charge < -0.3 is 4.90 Å². The standard InChI is InChI=1S/C15H19Cl2NO2/c1-8-4-9-5-12(19)15(17)11(16)7-18-13(20)3-2-10(9)14(15,18)6-8/h8-11H,2-7H2,1H3/t8-,9+,10-,11-,14-,15-/m1/s1. The molecular formula is C15H19Cl2NO2. The first-order chi connectivity index (χ1) is 9.41. The maximum absolute atomic E-state index is 12.7. The minimum Gasteiger partial charge on any atom is -0.333 e. The van der Waals surface area contributed by atoms with Crippen molar-refractivity contribution < 1.29 is 9.59 Å². The van der Waals surface area contributed by atoms with Gasteiger partial charge in [0.2, 0.25) is 5.91 Å². The predicted octanol–water partition coefficient (Wildman–Crippen LogP) is 2.58. The van der Waals surface area contributed by atoms with Crippen LogP contribution in [0, 0.1) is 17.8 Å². The number of rotatable bonds is 0. The van der Waals surface area contributed by atoms with Crippen molar-refractivity contribution in [3.05, 3.63) is 0 Å². The molecule has 2 aliphatic heterocycles. The van der Waals surface area contributed by atoms with Crippen molar-refractivity contribution in [2.45, 2.75) is 54.8 Å². The summed E-state index contributed by atoms with van der Waals surface area (Å²) in [6.07, 6.45) is 3.92. The van der Waals surface area contributed by atoms with Crippen LogP contribution >= 0.6 is 23.2 Å². The molecule has 20 heavy (non-hydrogen) atoms. The molecule has 0 N–H and O–H groups in total. The zero-order chi connectivity index (χ0) is 14.3. The van der Waals surface area contributed by atoms with Gasteiger partial charge in [-0.2, -0.15) is 0 Å². The van der Waals surface area contributed by atoms with Crippen LogP contribution in [0.5, 0.6) is 0 Å². The van der Waals surface area contributed by atoms with Crippen LogP contribution in [0.1, 0.15) is 39.0 Å². The molecule has 4 aliphatic rings. The molecule has 2 heterocycles. The molecule has 1 spiro atoms. The Kier molecular flexibility index (Phi) is 2.62. The normalized spacial score (nSPS) is 54.0. The van der Waals surface area contributed by atoms with Gasteiger partial charge in [-0.1, -0.05) is 6.92 Å². The van der Waals surface area contributed by atoms with Crippen molar-refractivity contribution in [3.8, 4) is 0 Å². The van der Waals surface area contributed by atoms with Crippen LogP contribution in [0.2, 0.25) is 0 Å². The zero-order valence-electron chi connectivity index (χ0n) is 11.6. The zero-order valence-corrected chi connectivity index (χ0v) is 13.1. The summed E-state index contributed by atoms with van der Waals surface area (Å²) < 4.78 is 0. The molecule has 6 atom stereocenters. The first kappa shape index (κ1) is 13.4. The van der Waals surface area contributed by atoms with Gasteiger partial charge in [-0.25, -0.2) is 0 Å². The van der Waals surface area contributed by atoms with Gasteiger partial charge in [0, 0.05) is 19.4 Å². The Morgan fingerprint density at radius 2 is 2.10 bits per heavy atom. The number of carbonyl (C=O) groups is 2. The van der Waals surface area contributed by atoms with E-state index in [1.54, 1.807) is 0 Å². The van der Waals surface area contributed by atoms with E-state index >= 15 is 0 Å². The highest BCUT2D eigenvalue weighted by Gasteiger charge is 2.75. The summed E-state index contributed by atoms with van der Waals surface area (Å²) in [4.78, 5) is 25.9. The predicted molar refractivity (Wildman–Crippen MR) is 76.9 cm³/mol. The minimum absolute atomic E-state index is 0.0736. The van der Waals surface area contributed by atoms with E-state index in [-0.39, 0.29) is 11.7 Å². The topological polar surface area (TPSA) is 37.4 Å². The first-order valence-electron chi connectivity index (χ1n) is 7.58. The molecule has 2 saturated heterocycles. The lowest BCUT2D eigenvalue weighted by Crippen LogP contribution is -2.73. The molecule has 110 valence electrons. The van der Waals surface area contributed by atoms with Crippen molar-refractivity contribution in [2.24, 2.45) is 17.8 Å². The molecular weight excluding hydrogens is 297 g/mol. The number of hydrogen-bond acceptors (Lipinski definition) is 2. The van der Waals surface area contributed by atoms with Crippen LogP contribution in [0.3, 0.4) is 0 Å². The second-order valence-electron chi connectivity index (χ2n) is 7.19. The van der Waals surface area contributed by atoms with E-state index in [1.807, 2.05) is 4.90 Å². The highest BCUT2D eigenvalue weighted by atomic mass is 35.5. The second kappa shape index (κ2) is 3.92. The maximum Gasteiger partial charge on any atom is 0.223 e. The number of piperidine rings is 1. The SMILES string of the molecule is C[C@@H]1C[C@H]2CC(=O)[C@]3(Cl)[C@H](Cl)CN4C(=O)CC[C@H]2[C@@]43C1. The van der Waals surface area contributed by atoms with E-state index in [4.69, 9.17) is 23.2 Å². The van der Waals surface area contributed by atoms with Gasteiger partial charge in [-0.15, -0.1) is 23.2 Å². The molecule has 4 fully saturated rings. The number of alkyl halides is 2. The molecule has 2 bridgehead atoms. The molecule has 2 saturated carbocycles. The van der Waals surface area contributed by atoms with Crippen LogP contribution in [0.4, 0.5) is 0 Å². The molecule has 0 radical (unpaired) electrons. The van der Waals surface area contributed by atoms with Gasteiger partial charge in [0.15, 0.2) is 5.78 Å². The fourth-order valence-corrected chi connectivity index (χ4v) is 6.64. The quantitative estimate of drug-likeness (QED) is 0.644. The number of ketones is 1. The third-order valence-corrected chi connectivity index (χ3v) is 7.64. The molecule has 2 aliphatic carbocycles. The third-order valence-electron chi connectivity index (χ3n) is 6.26. The summed E-state index contributed by atoms with van der Waals surface area (Å²) in [5, 5.41) is -0.451. The van der Waals surface area contributed by atoms with Crippen molar-refractivity contribution in [3.63, 3.8) is 0 Å². The third kappa shape index (κ3) is 1.26. The smallest absolute Gasteiger partial charge is 0.223 e. The largest absolute Gasteiger partial charge is 0.333 e. The van der Waals surface area contributed by atoms with Gasteiger partial charge in [0.05, 0.1) is 10.9 Å². The van der Waals surface area contributed by atoms with E-state index in [0.717, 1.165) is 19.3 Å². The van der Waals surface area contributed by atoms with Gasteiger partial charge in [0.1, 0.15) is 4.87 Å². The second-order valence-corrected chi connectivity index (χ2v) is 8.31. The Balaban J connectivity index is 1.95. The number of nitrogens with zero attached hydrogens (tertiary/aromatic N) is 1. The van der Waals surface area contributed by atoms with Gasteiger partial charge in [-0.3, -0.25) is 9.59 Å². The number of hydrogen-bond donors (Lipinski definition) is 0. The summed E-state index contributed by atoms with van der Waals surface area (Å²) in [7, 11) is 0. The van der Waals surface area contributed by atoms with Crippen LogP contribution < -0.4 is 0 Å². The molecule has 3 nitrogen and oxygen atoms in total. The molecule has 0 unspecified atom stereocenters. The van der Waals surface area contributed by atoms with Crippen LogP contribution in [-0.2, 0) is 9.59 Å². The lowest BCUT2D eigenvalue weighted by molar-refractivity contribution is -0.161. The first-order valence-corrected chi connectivity index (χ1v) is 8.39. The van der Waals surface area contributed by atoms with Crippen LogP contribution in [0.25, 0.3) is 0 Å². The number of Topliss-reactive ketones (excluding diaryl/α,β-unsaturated/α-hetero) is 1. The van der Waals surface area contributed by atoms with Crippen molar-refractivity contribution in [2.75, 3.05) is 6.54 Å². The van der Waals surface area contributed by atoms with E-state index < -0.39 is 15.8 Å². The Morgan fingerprint density at radius 3 is 2.85 bits per heavy atom. The number of amides is 1. The average molecular weight is 316 g/mol. The number of carbonyl (C=O) groups excluding carboxylic acids is 2. The minimum atomic E-state index is -1.06. The van der Waals surface area contributed by atoms with Crippen molar-refractivity contribution >= 4 is 34.9 Å². The summed E-state index contributed by atoms with van der Waals surface area (Å²) in [6, 6.07) is 0. The molecule has 5 heteroatoms. The van der Waals surface area contributed by atoms with Gasteiger partial charge in [0.25, 0.3) is 0 Å². The molecule has 1 amide bonds. The number of halogens is 2.